The Bertz CT molecular complexity index is 1010. The second-order valence-corrected chi connectivity index (χ2v) is 5.98. The van der Waals surface area contributed by atoms with Gasteiger partial charge in [0.05, 0.1) is 5.69 Å². The molecule has 1 N–H and O–H groups in total. The third-order valence-electron chi connectivity index (χ3n) is 3.95. The van der Waals surface area contributed by atoms with Gasteiger partial charge in [0.1, 0.15) is 12.2 Å². The molecule has 0 radical (unpaired) electrons. The van der Waals surface area contributed by atoms with Crippen LogP contribution in [-0.4, -0.2) is 15.7 Å². The summed E-state index contributed by atoms with van der Waals surface area (Å²) in [4.78, 5) is 12.6. The molecule has 0 spiro atoms. The smallest absolute Gasteiger partial charge is 0.260 e. The number of hydrogen-bond donors (Lipinski definition) is 1. The standard InChI is InChI=1S/C18H12ClF4N3O/c1-26-14(8-20)15(17(19)25-26)18(27)24-13-5-3-2-4-10(13)9-6-11(21)16(23)12(22)7-9/h2-7H,8H2,1H3,(H,24,27). The van der Waals surface area contributed by atoms with E-state index in [9.17, 15) is 22.4 Å². The van der Waals surface area contributed by atoms with Crippen LogP contribution in [0.25, 0.3) is 11.1 Å². The lowest BCUT2D eigenvalue weighted by atomic mass is 10.0. The van der Waals surface area contributed by atoms with Gasteiger partial charge in [-0.25, -0.2) is 17.6 Å². The van der Waals surface area contributed by atoms with Gasteiger partial charge >= 0.3 is 0 Å². The number of nitrogens with one attached hydrogen (secondary N) is 1. The minimum absolute atomic E-state index is 0.0188. The highest BCUT2D eigenvalue weighted by molar-refractivity contribution is 6.33. The van der Waals surface area contributed by atoms with Crippen molar-refractivity contribution in [3.8, 4) is 11.1 Å². The molecule has 0 atom stereocenters. The van der Waals surface area contributed by atoms with Gasteiger partial charge in [0.2, 0.25) is 0 Å². The van der Waals surface area contributed by atoms with Crippen molar-refractivity contribution in [1.82, 2.24) is 9.78 Å². The third kappa shape index (κ3) is 3.52. The largest absolute Gasteiger partial charge is 0.321 e. The van der Waals surface area contributed by atoms with E-state index < -0.39 is 30.0 Å². The Labute approximate surface area is 156 Å². The van der Waals surface area contributed by atoms with Crippen LogP contribution in [0.3, 0.4) is 0 Å². The molecule has 1 amide bonds. The maximum absolute atomic E-state index is 13.6. The average Bonchev–Trinajstić information content (AvgIpc) is 2.92. The molecule has 4 nitrogen and oxygen atoms in total. The number of rotatable bonds is 4. The molecular weight excluding hydrogens is 386 g/mol. The van der Waals surface area contributed by atoms with Gasteiger partial charge in [-0.2, -0.15) is 5.10 Å². The summed E-state index contributed by atoms with van der Waals surface area (Å²) in [6.45, 7) is -0.963. The number of anilines is 1. The predicted octanol–water partition coefficient (Wildman–Crippen LogP) is 4.88. The van der Waals surface area contributed by atoms with Crippen LogP contribution >= 0.6 is 11.6 Å². The summed E-state index contributed by atoms with van der Waals surface area (Å²) in [6.07, 6.45) is 0. The Morgan fingerprint density at radius 2 is 1.81 bits per heavy atom. The van der Waals surface area contributed by atoms with Crippen molar-refractivity contribution in [1.29, 1.82) is 0 Å². The Morgan fingerprint density at radius 1 is 1.19 bits per heavy atom. The molecule has 0 bridgehead atoms. The van der Waals surface area contributed by atoms with E-state index in [0.29, 0.717) is 0 Å². The van der Waals surface area contributed by atoms with Gasteiger partial charge in [-0.05, 0) is 23.8 Å². The molecule has 1 heterocycles. The van der Waals surface area contributed by atoms with Crippen LogP contribution in [0.1, 0.15) is 16.1 Å². The van der Waals surface area contributed by atoms with Crippen LogP contribution in [0, 0.1) is 17.5 Å². The van der Waals surface area contributed by atoms with Crippen molar-refractivity contribution >= 4 is 23.2 Å². The van der Waals surface area contributed by atoms with Gasteiger partial charge in [0.25, 0.3) is 5.91 Å². The second kappa shape index (κ2) is 7.40. The summed E-state index contributed by atoms with van der Waals surface area (Å²) in [7, 11) is 1.44. The number of nitrogens with zero attached hydrogens (tertiary/aromatic N) is 2. The number of aryl methyl sites for hydroxylation is 1. The highest BCUT2D eigenvalue weighted by Gasteiger charge is 2.23. The average molecular weight is 398 g/mol. The zero-order chi connectivity index (χ0) is 19.7. The van der Waals surface area contributed by atoms with Crippen LogP contribution in [-0.2, 0) is 13.7 Å². The summed E-state index contributed by atoms with van der Waals surface area (Å²) >= 11 is 5.91. The lowest BCUT2D eigenvalue weighted by molar-refractivity contribution is 0.102. The number of carbonyl (C=O) groups is 1. The Balaban J connectivity index is 2.02. The molecule has 2 aromatic carbocycles. The highest BCUT2D eigenvalue weighted by Crippen LogP contribution is 2.31. The van der Waals surface area contributed by atoms with E-state index in [-0.39, 0.29) is 33.2 Å². The molecular formula is C18H12ClF4N3O. The number of halogens is 5. The minimum Gasteiger partial charge on any atom is -0.321 e. The number of para-hydroxylation sites is 1. The number of amides is 1. The fourth-order valence-electron chi connectivity index (χ4n) is 2.64. The van der Waals surface area contributed by atoms with Crippen molar-refractivity contribution in [3.63, 3.8) is 0 Å². The highest BCUT2D eigenvalue weighted by atomic mass is 35.5. The van der Waals surface area contributed by atoms with Crippen LogP contribution < -0.4 is 5.32 Å². The Kier molecular flexibility index (Phi) is 5.18. The van der Waals surface area contributed by atoms with E-state index in [4.69, 9.17) is 11.6 Å². The van der Waals surface area contributed by atoms with Gasteiger partial charge in [-0.15, -0.1) is 0 Å². The van der Waals surface area contributed by atoms with E-state index in [1.165, 1.54) is 19.2 Å². The lowest BCUT2D eigenvalue weighted by Gasteiger charge is -2.12. The summed E-state index contributed by atoms with van der Waals surface area (Å²) < 4.78 is 54.7. The zero-order valence-electron chi connectivity index (χ0n) is 13.9. The van der Waals surface area contributed by atoms with E-state index in [2.05, 4.69) is 10.4 Å². The first-order valence-corrected chi connectivity index (χ1v) is 8.04. The first-order valence-electron chi connectivity index (χ1n) is 7.66. The SMILES string of the molecule is Cn1nc(Cl)c(C(=O)Nc2ccccc2-c2cc(F)c(F)c(F)c2)c1CF. The van der Waals surface area contributed by atoms with Crippen LogP contribution in [0.15, 0.2) is 36.4 Å². The number of hydrogen-bond acceptors (Lipinski definition) is 2. The third-order valence-corrected chi connectivity index (χ3v) is 4.21. The van der Waals surface area contributed by atoms with Gasteiger partial charge in [-0.3, -0.25) is 9.48 Å². The quantitative estimate of drug-likeness (QED) is 0.504. The van der Waals surface area contributed by atoms with Gasteiger partial charge < -0.3 is 5.32 Å². The molecule has 3 aromatic rings. The van der Waals surface area contributed by atoms with Crippen LogP contribution in [0.5, 0.6) is 0 Å². The van der Waals surface area contributed by atoms with Gasteiger partial charge in [0.15, 0.2) is 22.6 Å². The summed E-state index contributed by atoms with van der Waals surface area (Å²) in [5.74, 6) is -5.05. The molecule has 0 unspecified atom stereocenters. The van der Waals surface area contributed by atoms with E-state index in [0.717, 1.165) is 16.8 Å². The molecule has 9 heteroatoms. The van der Waals surface area contributed by atoms with Crippen molar-refractivity contribution in [3.05, 3.63) is 70.3 Å². The van der Waals surface area contributed by atoms with Gasteiger partial charge in [0, 0.05) is 18.3 Å². The maximum Gasteiger partial charge on any atom is 0.260 e. The molecule has 0 aliphatic heterocycles. The van der Waals surface area contributed by atoms with E-state index in [1.54, 1.807) is 12.1 Å². The molecule has 0 aliphatic carbocycles. The van der Waals surface area contributed by atoms with Crippen LogP contribution in [0.2, 0.25) is 5.15 Å². The Morgan fingerprint density at radius 3 is 2.44 bits per heavy atom. The number of benzene rings is 2. The van der Waals surface area contributed by atoms with Crippen molar-refractivity contribution < 1.29 is 22.4 Å². The summed E-state index contributed by atoms with van der Waals surface area (Å²) in [5, 5.41) is 6.14. The number of alkyl halides is 1. The molecule has 0 aliphatic rings. The summed E-state index contributed by atoms with van der Waals surface area (Å²) in [5.41, 5.74) is 0.273. The molecule has 1 aromatic heterocycles. The molecule has 0 saturated carbocycles. The van der Waals surface area contributed by atoms with Crippen molar-refractivity contribution in [2.24, 2.45) is 7.05 Å². The van der Waals surface area contributed by atoms with E-state index >= 15 is 0 Å². The monoisotopic (exact) mass is 397 g/mol. The first kappa shape index (κ1) is 18.9. The number of aromatic nitrogens is 2. The predicted molar refractivity (Wildman–Crippen MR) is 92.7 cm³/mol. The lowest BCUT2D eigenvalue weighted by Crippen LogP contribution is -2.15. The zero-order valence-corrected chi connectivity index (χ0v) is 14.6. The molecule has 3 rings (SSSR count). The van der Waals surface area contributed by atoms with Crippen LogP contribution in [0.4, 0.5) is 23.2 Å². The van der Waals surface area contributed by atoms with Crippen molar-refractivity contribution in [2.45, 2.75) is 6.67 Å². The summed E-state index contributed by atoms with van der Waals surface area (Å²) in [6, 6.07) is 7.75. The molecule has 0 saturated heterocycles. The first-order chi connectivity index (χ1) is 12.8. The number of carbonyl (C=O) groups excluding carboxylic acids is 1. The normalized spacial score (nSPS) is 10.9. The van der Waals surface area contributed by atoms with Crippen molar-refractivity contribution in [2.75, 3.05) is 5.32 Å². The maximum atomic E-state index is 13.6. The fourth-order valence-corrected chi connectivity index (χ4v) is 2.95. The second-order valence-electron chi connectivity index (χ2n) is 5.62. The fraction of sp³-hybridized carbons (Fsp3) is 0.111. The van der Waals surface area contributed by atoms with Gasteiger partial charge in [-0.1, -0.05) is 29.8 Å². The molecule has 0 fully saturated rings. The minimum atomic E-state index is -1.59. The molecule has 140 valence electrons. The molecule has 27 heavy (non-hydrogen) atoms. The topological polar surface area (TPSA) is 46.9 Å². The van der Waals surface area contributed by atoms with E-state index in [1.807, 2.05) is 0 Å². The Hall–Kier alpha value is -2.87.